The number of aliphatic hydroxyl groups excluding tert-OH is 1. The first-order valence-electron chi connectivity index (χ1n) is 9.68. The van der Waals surface area contributed by atoms with E-state index in [1.165, 1.54) is 4.90 Å². The van der Waals surface area contributed by atoms with E-state index in [0.717, 1.165) is 37.7 Å². The molecular weight excluding hydrogens is 362 g/mol. The average molecular weight is 387 g/mol. The van der Waals surface area contributed by atoms with Gasteiger partial charge in [-0.2, -0.15) is 0 Å². The zero-order valence-electron chi connectivity index (χ0n) is 15.9. The summed E-state index contributed by atoms with van der Waals surface area (Å²) in [5, 5.41) is 10.3. The van der Waals surface area contributed by atoms with Gasteiger partial charge in [-0.05, 0) is 25.3 Å². The lowest BCUT2D eigenvalue weighted by Crippen LogP contribution is -2.49. The molecule has 3 rings (SSSR count). The number of esters is 2. The van der Waals surface area contributed by atoms with E-state index in [-0.39, 0.29) is 24.8 Å². The topological polar surface area (TPSA) is 93.1 Å². The molecule has 1 atom stereocenters. The maximum atomic E-state index is 12.9. The Hall–Kier alpha value is -2.83. The van der Waals surface area contributed by atoms with Crippen LogP contribution < -0.4 is 0 Å². The number of benzene rings is 1. The monoisotopic (exact) mass is 387 g/mol. The van der Waals surface area contributed by atoms with E-state index in [2.05, 4.69) is 0 Å². The number of hydrogen-bond donors (Lipinski definition) is 1. The summed E-state index contributed by atoms with van der Waals surface area (Å²) in [4.78, 5) is 39.3. The Morgan fingerprint density at radius 2 is 1.79 bits per heavy atom. The van der Waals surface area contributed by atoms with E-state index in [1.54, 1.807) is 6.92 Å². The number of rotatable bonds is 6. The van der Waals surface area contributed by atoms with Gasteiger partial charge in [0.2, 0.25) is 0 Å². The molecule has 0 saturated heterocycles. The number of aliphatic hydroxyl groups is 1. The van der Waals surface area contributed by atoms with Gasteiger partial charge < -0.3 is 19.5 Å². The van der Waals surface area contributed by atoms with Gasteiger partial charge in [0.15, 0.2) is 11.8 Å². The van der Waals surface area contributed by atoms with Crippen molar-refractivity contribution in [3.63, 3.8) is 0 Å². The van der Waals surface area contributed by atoms with Crippen molar-refractivity contribution in [1.82, 2.24) is 4.90 Å². The Balaban J connectivity index is 1.86. The summed E-state index contributed by atoms with van der Waals surface area (Å²) in [6.45, 7) is 1.70. The van der Waals surface area contributed by atoms with Gasteiger partial charge in [0.05, 0.1) is 6.61 Å². The number of carbonyl (C=O) groups excluding carboxylic acids is 3. The minimum atomic E-state index is -1.28. The van der Waals surface area contributed by atoms with E-state index in [9.17, 15) is 19.5 Å². The standard InChI is InChI=1S/C21H25NO6/c1-2-27-20(25)16-17(21(26)28-13-14-9-5-3-6-10-14)22(19(24)18(16)23)15-11-7-4-8-12-15/h3,5-6,9-10,15,17,23H,2,4,7-8,11-13H2,1H3/t17-/m0/s1. The Kier molecular flexibility index (Phi) is 6.34. The van der Waals surface area contributed by atoms with Crippen molar-refractivity contribution in [3.8, 4) is 0 Å². The smallest absolute Gasteiger partial charge is 0.340 e. The number of amides is 1. The SMILES string of the molecule is CCOC(=O)C1=C(O)C(=O)N(C2CCCCC2)[C@@H]1C(=O)OCc1ccccc1. The second-order valence-corrected chi connectivity index (χ2v) is 6.98. The summed E-state index contributed by atoms with van der Waals surface area (Å²) in [6.07, 6.45) is 4.35. The number of nitrogens with zero attached hydrogens (tertiary/aromatic N) is 1. The number of hydrogen-bond acceptors (Lipinski definition) is 6. The van der Waals surface area contributed by atoms with Crippen molar-refractivity contribution in [2.45, 2.75) is 57.7 Å². The molecule has 1 aliphatic heterocycles. The van der Waals surface area contributed by atoms with Crippen LogP contribution in [0, 0.1) is 0 Å². The van der Waals surface area contributed by atoms with Crippen LogP contribution in [0.1, 0.15) is 44.6 Å². The van der Waals surface area contributed by atoms with Gasteiger partial charge >= 0.3 is 11.9 Å². The molecule has 1 heterocycles. The zero-order valence-corrected chi connectivity index (χ0v) is 15.9. The second-order valence-electron chi connectivity index (χ2n) is 6.98. The van der Waals surface area contributed by atoms with Gasteiger partial charge in [-0.3, -0.25) is 4.79 Å². The summed E-state index contributed by atoms with van der Waals surface area (Å²) in [5.41, 5.74) is 0.464. The maximum absolute atomic E-state index is 12.9. The molecule has 150 valence electrons. The van der Waals surface area contributed by atoms with Crippen molar-refractivity contribution >= 4 is 17.8 Å². The van der Waals surface area contributed by atoms with E-state index >= 15 is 0 Å². The summed E-state index contributed by atoms with van der Waals surface area (Å²) in [6, 6.07) is 7.63. The first-order valence-corrected chi connectivity index (χ1v) is 9.68. The van der Waals surface area contributed by atoms with Crippen molar-refractivity contribution in [2.75, 3.05) is 6.61 Å². The molecule has 0 unspecified atom stereocenters. The van der Waals surface area contributed by atoms with Crippen LogP contribution >= 0.6 is 0 Å². The largest absolute Gasteiger partial charge is 0.503 e. The van der Waals surface area contributed by atoms with Crippen molar-refractivity contribution in [3.05, 3.63) is 47.2 Å². The van der Waals surface area contributed by atoms with Crippen LogP contribution in [0.25, 0.3) is 0 Å². The van der Waals surface area contributed by atoms with Crippen LogP contribution in [0.3, 0.4) is 0 Å². The van der Waals surface area contributed by atoms with Crippen molar-refractivity contribution in [2.24, 2.45) is 0 Å². The summed E-state index contributed by atoms with van der Waals surface area (Å²) < 4.78 is 10.4. The first-order chi connectivity index (χ1) is 13.5. The van der Waals surface area contributed by atoms with Crippen LogP contribution in [0.15, 0.2) is 41.7 Å². The summed E-state index contributed by atoms with van der Waals surface area (Å²) in [7, 11) is 0. The van der Waals surface area contributed by atoms with Crippen LogP contribution in [-0.4, -0.2) is 46.5 Å². The van der Waals surface area contributed by atoms with Gasteiger partial charge in [-0.25, -0.2) is 9.59 Å². The molecule has 2 aliphatic rings. The second kappa shape index (κ2) is 8.91. The van der Waals surface area contributed by atoms with Crippen molar-refractivity contribution in [1.29, 1.82) is 0 Å². The van der Waals surface area contributed by atoms with E-state index in [4.69, 9.17) is 9.47 Å². The molecule has 1 aromatic rings. The Morgan fingerprint density at radius 1 is 1.11 bits per heavy atom. The highest BCUT2D eigenvalue weighted by Gasteiger charge is 2.50. The minimum absolute atomic E-state index is 0.0136. The molecule has 1 aromatic carbocycles. The lowest BCUT2D eigenvalue weighted by molar-refractivity contribution is -0.156. The third kappa shape index (κ3) is 4.03. The fraction of sp³-hybridized carbons (Fsp3) is 0.476. The highest BCUT2D eigenvalue weighted by molar-refractivity contribution is 6.11. The molecule has 1 amide bonds. The molecule has 7 nitrogen and oxygen atoms in total. The average Bonchev–Trinajstić information content (AvgIpc) is 2.99. The Labute approximate surface area is 163 Å². The fourth-order valence-electron chi connectivity index (χ4n) is 3.82. The predicted octanol–water partition coefficient (Wildman–Crippen LogP) is 2.65. The highest BCUT2D eigenvalue weighted by atomic mass is 16.5. The Morgan fingerprint density at radius 3 is 2.43 bits per heavy atom. The van der Waals surface area contributed by atoms with Crippen LogP contribution in [0.5, 0.6) is 0 Å². The zero-order chi connectivity index (χ0) is 20.1. The first kappa shape index (κ1) is 19.9. The van der Waals surface area contributed by atoms with Crippen molar-refractivity contribution < 1.29 is 29.0 Å². The lowest BCUT2D eigenvalue weighted by Gasteiger charge is -2.34. The molecule has 0 radical (unpaired) electrons. The number of carbonyl (C=O) groups is 3. The summed E-state index contributed by atoms with van der Waals surface area (Å²) in [5.74, 6) is -3.04. The normalized spacial score (nSPS) is 20.4. The van der Waals surface area contributed by atoms with Gasteiger partial charge in [0.25, 0.3) is 5.91 Å². The van der Waals surface area contributed by atoms with Gasteiger partial charge in [0, 0.05) is 6.04 Å². The molecule has 1 N–H and O–H groups in total. The molecule has 0 bridgehead atoms. The van der Waals surface area contributed by atoms with Gasteiger partial charge in [-0.1, -0.05) is 49.6 Å². The Bertz CT molecular complexity index is 766. The molecule has 0 aromatic heterocycles. The molecule has 7 heteroatoms. The quantitative estimate of drug-likeness (QED) is 0.755. The lowest BCUT2D eigenvalue weighted by atomic mass is 9.93. The minimum Gasteiger partial charge on any atom is -0.503 e. The summed E-state index contributed by atoms with van der Waals surface area (Å²) >= 11 is 0. The third-order valence-electron chi connectivity index (χ3n) is 5.15. The molecule has 0 spiro atoms. The van der Waals surface area contributed by atoms with Gasteiger partial charge in [0.1, 0.15) is 12.2 Å². The maximum Gasteiger partial charge on any atom is 0.340 e. The fourth-order valence-corrected chi connectivity index (χ4v) is 3.82. The highest BCUT2D eigenvalue weighted by Crippen LogP contribution is 2.34. The van der Waals surface area contributed by atoms with Crippen LogP contribution in [-0.2, 0) is 30.5 Å². The van der Waals surface area contributed by atoms with E-state index in [0.29, 0.717) is 0 Å². The molecule has 1 aliphatic carbocycles. The van der Waals surface area contributed by atoms with Crippen LogP contribution in [0.2, 0.25) is 0 Å². The molecule has 28 heavy (non-hydrogen) atoms. The third-order valence-corrected chi connectivity index (χ3v) is 5.15. The molecule has 1 saturated carbocycles. The number of ether oxygens (including phenoxy) is 2. The molecular formula is C21H25NO6. The van der Waals surface area contributed by atoms with Gasteiger partial charge in [-0.15, -0.1) is 0 Å². The predicted molar refractivity (Wildman–Crippen MR) is 100 cm³/mol. The van der Waals surface area contributed by atoms with E-state index < -0.39 is 29.6 Å². The molecule has 1 fully saturated rings. The van der Waals surface area contributed by atoms with E-state index in [1.807, 2.05) is 30.3 Å². The van der Waals surface area contributed by atoms with Crippen LogP contribution in [0.4, 0.5) is 0 Å².